The molecule has 1 aliphatic rings. The van der Waals surface area contributed by atoms with E-state index in [4.69, 9.17) is 5.84 Å². The zero-order valence-electron chi connectivity index (χ0n) is 4.72. The van der Waals surface area contributed by atoms with Crippen LogP contribution in [0.2, 0.25) is 0 Å². The van der Waals surface area contributed by atoms with E-state index in [-0.39, 0.29) is 0 Å². The second-order valence-corrected chi connectivity index (χ2v) is 2.23. The lowest BCUT2D eigenvalue weighted by Crippen LogP contribution is -2.33. The summed E-state index contributed by atoms with van der Waals surface area (Å²) in [6, 6.07) is 0.625. The highest BCUT2D eigenvalue weighted by atomic mass is 15.4. The Balaban J connectivity index is 2.33. The van der Waals surface area contributed by atoms with Gasteiger partial charge < -0.3 is 0 Å². The van der Waals surface area contributed by atoms with Gasteiger partial charge in [-0.25, -0.2) is 5.01 Å². The number of nitrogens with zero attached hydrogens (tertiary/aromatic N) is 1. The first kappa shape index (κ1) is 5.06. The Hall–Kier alpha value is -0.0800. The SMILES string of the molecule is C[C@H]1CCCN1N. The van der Waals surface area contributed by atoms with Gasteiger partial charge in [0.25, 0.3) is 0 Å². The zero-order valence-corrected chi connectivity index (χ0v) is 4.72. The standard InChI is InChI=1S/C5H12N2/c1-5-3-2-4-7(5)6/h5H,2-4,6H2,1H3/t5-/m0/s1. The van der Waals surface area contributed by atoms with Crippen LogP contribution in [-0.4, -0.2) is 17.6 Å². The predicted octanol–water partition coefficient (Wildman–Crippen LogP) is 0.344. The maximum atomic E-state index is 5.51. The highest BCUT2D eigenvalue weighted by molar-refractivity contribution is 4.68. The van der Waals surface area contributed by atoms with Crippen LogP contribution in [0.25, 0.3) is 0 Å². The maximum Gasteiger partial charge on any atom is 0.0213 e. The van der Waals surface area contributed by atoms with Crippen molar-refractivity contribution in [1.29, 1.82) is 0 Å². The van der Waals surface area contributed by atoms with Crippen molar-refractivity contribution >= 4 is 0 Å². The molecule has 1 aliphatic heterocycles. The van der Waals surface area contributed by atoms with E-state index in [9.17, 15) is 0 Å². The van der Waals surface area contributed by atoms with E-state index in [1.807, 2.05) is 5.01 Å². The Morgan fingerprint density at radius 1 is 1.71 bits per heavy atom. The molecule has 1 heterocycles. The van der Waals surface area contributed by atoms with Crippen LogP contribution >= 0.6 is 0 Å². The van der Waals surface area contributed by atoms with Crippen molar-refractivity contribution in [1.82, 2.24) is 5.01 Å². The summed E-state index contributed by atoms with van der Waals surface area (Å²) in [6.07, 6.45) is 2.55. The lowest BCUT2D eigenvalue weighted by Gasteiger charge is -2.11. The van der Waals surface area contributed by atoms with E-state index >= 15 is 0 Å². The summed E-state index contributed by atoms with van der Waals surface area (Å²) in [5, 5.41) is 1.90. The molecule has 2 N–H and O–H groups in total. The molecule has 1 saturated heterocycles. The summed E-state index contributed by atoms with van der Waals surface area (Å²) < 4.78 is 0. The molecule has 0 aromatic heterocycles. The summed E-state index contributed by atoms with van der Waals surface area (Å²) in [4.78, 5) is 0. The van der Waals surface area contributed by atoms with Crippen molar-refractivity contribution in [2.24, 2.45) is 5.84 Å². The van der Waals surface area contributed by atoms with Crippen molar-refractivity contribution in [2.45, 2.75) is 25.8 Å². The van der Waals surface area contributed by atoms with E-state index in [0.29, 0.717) is 6.04 Å². The van der Waals surface area contributed by atoms with Gasteiger partial charge in [-0.15, -0.1) is 0 Å². The second kappa shape index (κ2) is 1.80. The topological polar surface area (TPSA) is 29.3 Å². The minimum atomic E-state index is 0.625. The normalized spacial score (nSPS) is 34.3. The number of hydrogen-bond acceptors (Lipinski definition) is 2. The van der Waals surface area contributed by atoms with Crippen LogP contribution < -0.4 is 5.84 Å². The van der Waals surface area contributed by atoms with Crippen LogP contribution in [0.1, 0.15) is 19.8 Å². The molecule has 1 fully saturated rings. The first-order chi connectivity index (χ1) is 3.30. The molecule has 0 unspecified atom stereocenters. The van der Waals surface area contributed by atoms with Gasteiger partial charge in [0.15, 0.2) is 0 Å². The van der Waals surface area contributed by atoms with E-state index in [1.165, 1.54) is 12.8 Å². The number of rotatable bonds is 0. The smallest absolute Gasteiger partial charge is 0.0213 e. The molecule has 0 aromatic carbocycles. The molecule has 2 heteroatoms. The maximum absolute atomic E-state index is 5.51. The first-order valence-electron chi connectivity index (χ1n) is 2.82. The first-order valence-corrected chi connectivity index (χ1v) is 2.82. The predicted molar refractivity (Wildman–Crippen MR) is 29.6 cm³/mol. The molecule has 42 valence electrons. The van der Waals surface area contributed by atoms with Crippen LogP contribution in [0.5, 0.6) is 0 Å². The Labute approximate surface area is 44.3 Å². The van der Waals surface area contributed by atoms with E-state index < -0.39 is 0 Å². The number of hydrogen-bond donors (Lipinski definition) is 1. The monoisotopic (exact) mass is 100 g/mol. The van der Waals surface area contributed by atoms with Crippen molar-refractivity contribution in [3.63, 3.8) is 0 Å². The van der Waals surface area contributed by atoms with Crippen LogP contribution in [0.4, 0.5) is 0 Å². The Kier molecular flexibility index (Phi) is 1.30. The lowest BCUT2D eigenvalue weighted by atomic mass is 10.3. The molecule has 0 aromatic rings. The highest BCUT2D eigenvalue weighted by Crippen LogP contribution is 2.10. The van der Waals surface area contributed by atoms with E-state index in [1.54, 1.807) is 0 Å². The van der Waals surface area contributed by atoms with Crippen LogP contribution in [-0.2, 0) is 0 Å². The van der Waals surface area contributed by atoms with Crippen molar-refractivity contribution in [2.75, 3.05) is 6.54 Å². The van der Waals surface area contributed by atoms with Crippen LogP contribution in [0.15, 0.2) is 0 Å². The Morgan fingerprint density at radius 3 is 2.57 bits per heavy atom. The zero-order chi connectivity index (χ0) is 5.28. The van der Waals surface area contributed by atoms with Crippen molar-refractivity contribution in [3.05, 3.63) is 0 Å². The Morgan fingerprint density at radius 2 is 2.43 bits per heavy atom. The molecule has 0 saturated carbocycles. The second-order valence-electron chi connectivity index (χ2n) is 2.23. The third-order valence-electron chi connectivity index (χ3n) is 1.60. The highest BCUT2D eigenvalue weighted by Gasteiger charge is 2.15. The number of nitrogens with two attached hydrogens (primary N) is 1. The largest absolute Gasteiger partial charge is 0.269 e. The third kappa shape index (κ3) is 0.924. The fourth-order valence-electron chi connectivity index (χ4n) is 0.955. The van der Waals surface area contributed by atoms with Gasteiger partial charge in [0.05, 0.1) is 0 Å². The minimum absolute atomic E-state index is 0.625. The minimum Gasteiger partial charge on any atom is -0.269 e. The average Bonchev–Trinajstić information content (AvgIpc) is 1.91. The van der Waals surface area contributed by atoms with Gasteiger partial charge in [0.1, 0.15) is 0 Å². The summed E-state index contributed by atoms with van der Waals surface area (Å²) in [5.41, 5.74) is 0. The van der Waals surface area contributed by atoms with Gasteiger partial charge in [-0.3, -0.25) is 5.84 Å². The quantitative estimate of drug-likeness (QED) is 0.445. The molecular weight excluding hydrogens is 88.1 g/mol. The molecule has 1 rings (SSSR count). The summed E-state index contributed by atoms with van der Waals surface area (Å²) in [7, 11) is 0. The van der Waals surface area contributed by atoms with Crippen molar-refractivity contribution in [3.8, 4) is 0 Å². The van der Waals surface area contributed by atoms with Gasteiger partial charge >= 0.3 is 0 Å². The number of hydrazine groups is 1. The fraction of sp³-hybridized carbons (Fsp3) is 1.00. The molecule has 0 bridgehead atoms. The summed E-state index contributed by atoms with van der Waals surface area (Å²) in [5.74, 6) is 5.51. The van der Waals surface area contributed by atoms with E-state index in [0.717, 1.165) is 6.54 Å². The molecule has 0 radical (unpaired) electrons. The molecule has 2 nitrogen and oxygen atoms in total. The van der Waals surface area contributed by atoms with Crippen LogP contribution in [0, 0.1) is 0 Å². The molecular formula is C5H12N2. The average molecular weight is 100 g/mol. The lowest BCUT2D eigenvalue weighted by molar-refractivity contribution is 0.278. The molecule has 7 heavy (non-hydrogen) atoms. The molecule has 0 amide bonds. The summed E-state index contributed by atoms with van der Waals surface area (Å²) in [6.45, 7) is 3.24. The summed E-state index contributed by atoms with van der Waals surface area (Å²) >= 11 is 0. The van der Waals surface area contributed by atoms with E-state index in [2.05, 4.69) is 6.92 Å². The molecule has 0 spiro atoms. The Bertz CT molecular complexity index is 55.1. The fourth-order valence-corrected chi connectivity index (χ4v) is 0.955. The molecule has 0 aliphatic carbocycles. The van der Waals surface area contributed by atoms with Gasteiger partial charge in [0, 0.05) is 12.6 Å². The van der Waals surface area contributed by atoms with Crippen molar-refractivity contribution < 1.29 is 0 Å². The van der Waals surface area contributed by atoms with Gasteiger partial charge in [0.2, 0.25) is 0 Å². The van der Waals surface area contributed by atoms with Gasteiger partial charge in [-0.2, -0.15) is 0 Å². The van der Waals surface area contributed by atoms with Gasteiger partial charge in [-0.1, -0.05) is 0 Å². The van der Waals surface area contributed by atoms with Crippen LogP contribution in [0.3, 0.4) is 0 Å². The molecule has 1 atom stereocenters. The third-order valence-corrected chi connectivity index (χ3v) is 1.60. The van der Waals surface area contributed by atoms with Gasteiger partial charge in [-0.05, 0) is 19.8 Å².